The monoisotopic (exact) mass is 466 g/mol. The minimum atomic E-state index is -0.410. The second-order valence-electron chi connectivity index (χ2n) is 6.60. The van der Waals surface area contributed by atoms with Gasteiger partial charge in [-0.25, -0.2) is 0 Å². The molecule has 0 fully saturated rings. The number of aromatic hydroxyl groups is 1. The first-order chi connectivity index (χ1) is 12.0. The van der Waals surface area contributed by atoms with Crippen molar-refractivity contribution in [2.45, 2.75) is 44.4 Å². The van der Waals surface area contributed by atoms with Gasteiger partial charge in [-0.2, -0.15) is 0 Å². The Kier molecular flexibility index (Phi) is 4.36. The molecular weight excluding hydrogens is 452 g/mol. The number of Topliss-reactive ketones (excluding diaryl/α,β-unsaturated/α-hetero) is 2. The van der Waals surface area contributed by atoms with Gasteiger partial charge in [0.1, 0.15) is 17.3 Å². The number of carbonyl (C=O) groups excluding carboxylic acids is 2. The van der Waals surface area contributed by atoms with Crippen LogP contribution in [0.1, 0.15) is 50.0 Å². The van der Waals surface area contributed by atoms with Crippen LogP contribution in [0.2, 0.25) is 0 Å². The highest BCUT2D eigenvalue weighted by Gasteiger charge is 2.41. The Labute approximate surface area is 162 Å². The number of allylic oxidation sites excluding steroid dienone is 4. The molecule has 6 heteroatoms. The third-order valence-electron chi connectivity index (χ3n) is 5.01. The quantitative estimate of drug-likeness (QED) is 0.627. The molecule has 4 rings (SSSR count). The zero-order valence-electron chi connectivity index (χ0n) is 13.4. The van der Waals surface area contributed by atoms with Crippen molar-refractivity contribution in [2.75, 3.05) is 0 Å². The maximum Gasteiger partial charge on any atom is 0.163 e. The molecule has 4 nitrogen and oxygen atoms in total. The minimum Gasteiger partial charge on any atom is -0.506 e. The molecule has 3 aliphatic rings. The van der Waals surface area contributed by atoms with Crippen molar-refractivity contribution in [2.24, 2.45) is 0 Å². The summed E-state index contributed by atoms with van der Waals surface area (Å²) in [6, 6.07) is 3.57. The summed E-state index contributed by atoms with van der Waals surface area (Å²) in [5.74, 6) is 1.23. The number of benzene rings is 1. The van der Waals surface area contributed by atoms with Crippen LogP contribution >= 0.6 is 31.9 Å². The highest BCUT2D eigenvalue weighted by atomic mass is 79.9. The first kappa shape index (κ1) is 17.0. The number of hydrogen-bond donors (Lipinski definition) is 1. The summed E-state index contributed by atoms with van der Waals surface area (Å²) in [5, 5.41) is 10.0. The van der Waals surface area contributed by atoms with Gasteiger partial charge in [0.2, 0.25) is 0 Å². The van der Waals surface area contributed by atoms with E-state index in [0.717, 1.165) is 42.8 Å². The van der Waals surface area contributed by atoms with Crippen LogP contribution in [-0.2, 0) is 14.3 Å². The number of hydrogen-bond acceptors (Lipinski definition) is 4. The molecule has 130 valence electrons. The summed E-state index contributed by atoms with van der Waals surface area (Å²) < 4.78 is 7.07. The SMILES string of the molecule is O=C1CCCC2=C1C(c1cc(Br)c(O)c(Br)c1)C1=C(CCCC1=O)O2. The van der Waals surface area contributed by atoms with Gasteiger partial charge in [0.25, 0.3) is 0 Å². The van der Waals surface area contributed by atoms with Crippen molar-refractivity contribution in [3.05, 3.63) is 49.3 Å². The molecule has 1 aromatic rings. The molecule has 0 radical (unpaired) electrons. The molecule has 1 N–H and O–H groups in total. The first-order valence-electron chi connectivity index (χ1n) is 8.35. The number of ether oxygens (including phenoxy) is 1. The Morgan fingerprint density at radius 1 is 0.880 bits per heavy atom. The molecule has 0 saturated carbocycles. The van der Waals surface area contributed by atoms with Gasteiger partial charge in [-0.05, 0) is 62.4 Å². The van der Waals surface area contributed by atoms with Gasteiger partial charge in [-0.1, -0.05) is 0 Å². The molecular formula is C19H16Br2O4. The Hall–Kier alpha value is -1.40. The minimum absolute atomic E-state index is 0.0523. The van der Waals surface area contributed by atoms with Gasteiger partial charge in [-0.3, -0.25) is 9.59 Å². The molecule has 0 aromatic heterocycles. The molecule has 1 aromatic carbocycles. The molecule has 0 spiro atoms. The van der Waals surface area contributed by atoms with Crippen LogP contribution < -0.4 is 0 Å². The van der Waals surface area contributed by atoms with Crippen molar-refractivity contribution in [1.82, 2.24) is 0 Å². The third kappa shape index (κ3) is 2.79. The number of halogens is 2. The summed E-state index contributed by atoms with van der Waals surface area (Å²) in [6.07, 6.45) is 3.98. The van der Waals surface area contributed by atoms with Gasteiger partial charge in [0.15, 0.2) is 11.6 Å². The largest absolute Gasteiger partial charge is 0.506 e. The van der Waals surface area contributed by atoms with Crippen molar-refractivity contribution < 1.29 is 19.4 Å². The summed E-state index contributed by atoms with van der Waals surface area (Å²) in [4.78, 5) is 25.4. The lowest BCUT2D eigenvalue weighted by Gasteiger charge is -2.36. The molecule has 1 heterocycles. The molecule has 2 aliphatic carbocycles. The molecule has 0 amide bonds. The van der Waals surface area contributed by atoms with E-state index in [-0.39, 0.29) is 17.3 Å². The Morgan fingerprint density at radius 3 is 1.84 bits per heavy atom. The summed E-state index contributed by atoms with van der Waals surface area (Å²) in [6.45, 7) is 0. The van der Waals surface area contributed by atoms with Crippen molar-refractivity contribution in [3.63, 3.8) is 0 Å². The van der Waals surface area contributed by atoms with E-state index in [2.05, 4.69) is 31.9 Å². The Morgan fingerprint density at radius 2 is 1.36 bits per heavy atom. The van der Waals surface area contributed by atoms with Crippen LogP contribution in [0.15, 0.2) is 43.7 Å². The number of carbonyl (C=O) groups is 2. The maximum atomic E-state index is 12.7. The van der Waals surface area contributed by atoms with Gasteiger partial charge < -0.3 is 9.84 Å². The lowest BCUT2D eigenvalue weighted by atomic mass is 9.73. The molecule has 0 bridgehead atoms. The van der Waals surface area contributed by atoms with Crippen LogP contribution in [0.25, 0.3) is 0 Å². The molecule has 0 unspecified atom stereocenters. The lowest BCUT2D eigenvalue weighted by molar-refractivity contribution is -0.117. The summed E-state index contributed by atoms with van der Waals surface area (Å²) >= 11 is 6.71. The third-order valence-corrected chi connectivity index (χ3v) is 6.22. The second-order valence-corrected chi connectivity index (χ2v) is 8.30. The van der Waals surface area contributed by atoms with Gasteiger partial charge in [0.05, 0.1) is 8.95 Å². The molecule has 1 aliphatic heterocycles. The predicted molar refractivity (Wildman–Crippen MR) is 99.1 cm³/mol. The number of ketones is 2. The second kappa shape index (κ2) is 6.40. The highest BCUT2D eigenvalue weighted by molar-refractivity contribution is 9.11. The fourth-order valence-corrected chi connectivity index (χ4v) is 5.12. The maximum absolute atomic E-state index is 12.7. The van der Waals surface area contributed by atoms with Crippen LogP contribution in [0, 0.1) is 0 Å². The predicted octanol–water partition coefficient (Wildman–Crippen LogP) is 5.05. The van der Waals surface area contributed by atoms with E-state index in [1.807, 2.05) is 0 Å². The molecule has 0 saturated heterocycles. The number of rotatable bonds is 1. The molecule has 0 atom stereocenters. The van der Waals surface area contributed by atoms with Crippen LogP contribution in [0.3, 0.4) is 0 Å². The van der Waals surface area contributed by atoms with Crippen molar-refractivity contribution in [1.29, 1.82) is 0 Å². The van der Waals surface area contributed by atoms with Gasteiger partial charge >= 0.3 is 0 Å². The first-order valence-corrected chi connectivity index (χ1v) is 9.94. The fraction of sp³-hybridized carbons (Fsp3) is 0.368. The Balaban J connectivity index is 1.94. The normalized spacial score (nSPS) is 21.2. The molecule has 25 heavy (non-hydrogen) atoms. The van der Waals surface area contributed by atoms with E-state index in [0.29, 0.717) is 32.9 Å². The Bertz CT molecular complexity index is 801. The van der Waals surface area contributed by atoms with Crippen LogP contribution in [0.5, 0.6) is 5.75 Å². The van der Waals surface area contributed by atoms with E-state index in [1.165, 1.54) is 0 Å². The van der Waals surface area contributed by atoms with Gasteiger partial charge in [-0.15, -0.1) is 0 Å². The highest BCUT2D eigenvalue weighted by Crippen LogP contribution is 2.49. The van der Waals surface area contributed by atoms with E-state index < -0.39 is 5.92 Å². The van der Waals surface area contributed by atoms with Crippen molar-refractivity contribution in [3.8, 4) is 5.75 Å². The number of phenolic OH excluding ortho intramolecular Hbond substituents is 1. The van der Waals surface area contributed by atoms with E-state index in [4.69, 9.17) is 4.74 Å². The standard InChI is InChI=1S/C19H16Br2O4/c20-10-7-9(8-11(21)19(10)24)16-17-12(22)3-1-5-14(17)25-15-6-2-4-13(23)18(15)16/h7-8,16,24H,1-6H2. The van der Waals surface area contributed by atoms with E-state index in [1.54, 1.807) is 12.1 Å². The van der Waals surface area contributed by atoms with Gasteiger partial charge in [0, 0.05) is 42.7 Å². The zero-order chi connectivity index (χ0) is 17.7. The smallest absolute Gasteiger partial charge is 0.163 e. The zero-order valence-corrected chi connectivity index (χ0v) is 16.6. The van der Waals surface area contributed by atoms with E-state index in [9.17, 15) is 14.7 Å². The summed E-state index contributed by atoms with van der Waals surface area (Å²) in [5.41, 5.74) is 2.04. The van der Waals surface area contributed by atoms with Crippen LogP contribution in [-0.4, -0.2) is 16.7 Å². The lowest BCUT2D eigenvalue weighted by Crippen LogP contribution is -2.30. The average molecular weight is 468 g/mol. The average Bonchev–Trinajstić information content (AvgIpc) is 2.58. The van der Waals surface area contributed by atoms with E-state index >= 15 is 0 Å². The van der Waals surface area contributed by atoms with Crippen molar-refractivity contribution >= 4 is 43.4 Å². The summed E-state index contributed by atoms with van der Waals surface area (Å²) in [7, 11) is 0. The number of phenols is 1. The van der Waals surface area contributed by atoms with Crippen LogP contribution in [0.4, 0.5) is 0 Å². The topological polar surface area (TPSA) is 63.6 Å². The fourth-order valence-electron chi connectivity index (χ4n) is 3.90.